The van der Waals surface area contributed by atoms with Crippen molar-refractivity contribution in [1.29, 1.82) is 0 Å². The maximum Gasteiger partial charge on any atom is 0.135 e. The van der Waals surface area contributed by atoms with Crippen LogP contribution in [0, 0.1) is 0 Å². The molecule has 0 saturated heterocycles. The van der Waals surface area contributed by atoms with Crippen molar-refractivity contribution >= 4 is 17.5 Å². The number of aliphatic hydroxyl groups excluding tert-OH is 1. The van der Waals surface area contributed by atoms with E-state index in [4.69, 9.17) is 0 Å². The molecule has 0 aromatic heterocycles. The quantitative estimate of drug-likeness (QED) is 0.588. The lowest BCUT2D eigenvalue weighted by Gasteiger charge is -2.08. The number of aliphatic hydroxyl groups is 1. The van der Waals surface area contributed by atoms with E-state index in [9.17, 15) is 9.90 Å². The number of thioether (sulfide) groups is 1. The Balaban J connectivity index is 3.32. The van der Waals surface area contributed by atoms with Crippen LogP contribution in [0.2, 0.25) is 0 Å². The second-order valence-electron chi connectivity index (χ2n) is 3.93. The molecule has 0 aliphatic carbocycles. The summed E-state index contributed by atoms with van der Waals surface area (Å²) in [5.41, 5.74) is 0. The highest BCUT2D eigenvalue weighted by Crippen LogP contribution is 2.10. The molecule has 1 atom stereocenters. The van der Waals surface area contributed by atoms with Crippen LogP contribution in [0.15, 0.2) is 0 Å². The van der Waals surface area contributed by atoms with E-state index in [1.165, 1.54) is 19.3 Å². The molecule has 0 aliphatic heterocycles. The van der Waals surface area contributed by atoms with Crippen LogP contribution in [-0.2, 0) is 4.79 Å². The second kappa shape index (κ2) is 10.5. The minimum absolute atomic E-state index is 0.194. The minimum atomic E-state index is -0.435. The summed E-state index contributed by atoms with van der Waals surface area (Å²) in [6.07, 6.45) is 5.12. The zero-order valence-corrected chi connectivity index (χ0v) is 10.8. The van der Waals surface area contributed by atoms with Gasteiger partial charge in [-0.25, -0.2) is 0 Å². The molecule has 90 valence electrons. The molecule has 0 aromatic carbocycles. The summed E-state index contributed by atoms with van der Waals surface area (Å²) in [6, 6.07) is 0. The van der Waals surface area contributed by atoms with Gasteiger partial charge in [0.05, 0.1) is 6.10 Å². The van der Waals surface area contributed by atoms with Crippen LogP contribution in [0.5, 0.6) is 0 Å². The summed E-state index contributed by atoms with van der Waals surface area (Å²) in [5, 5.41) is 9.56. The van der Waals surface area contributed by atoms with Gasteiger partial charge in [-0.05, 0) is 18.6 Å². The van der Waals surface area contributed by atoms with Gasteiger partial charge in [-0.1, -0.05) is 26.7 Å². The highest BCUT2D eigenvalue weighted by molar-refractivity contribution is 7.99. The summed E-state index contributed by atoms with van der Waals surface area (Å²) in [5.74, 6) is 2.01. The van der Waals surface area contributed by atoms with Crippen molar-refractivity contribution in [2.45, 2.75) is 58.5 Å². The van der Waals surface area contributed by atoms with Gasteiger partial charge in [0, 0.05) is 18.6 Å². The number of hydrogen-bond acceptors (Lipinski definition) is 3. The Hall–Kier alpha value is -0.0200. The van der Waals surface area contributed by atoms with E-state index in [1.807, 2.05) is 6.92 Å². The number of ketones is 1. The van der Waals surface area contributed by atoms with Gasteiger partial charge in [0.25, 0.3) is 0 Å². The first-order chi connectivity index (χ1) is 7.20. The van der Waals surface area contributed by atoms with Gasteiger partial charge in [0.1, 0.15) is 5.78 Å². The molecule has 0 radical (unpaired) electrons. The molecule has 0 bridgehead atoms. The average molecular weight is 232 g/mol. The fraction of sp³-hybridized carbons (Fsp3) is 0.917. The summed E-state index contributed by atoms with van der Waals surface area (Å²) >= 11 is 1.76. The standard InChI is InChI=1S/C12H24O2S/c1-3-5-6-8-15-10-12(14)9-11(13)7-4-2/h12,14H,3-10H2,1-2H3. The van der Waals surface area contributed by atoms with E-state index in [1.54, 1.807) is 11.8 Å². The van der Waals surface area contributed by atoms with Crippen LogP contribution in [0.3, 0.4) is 0 Å². The monoisotopic (exact) mass is 232 g/mol. The van der Waals surface area contributed by atoms with Gasteiger partial charge in [-0.3, -0.25) is 4.79 Å². The maximum absolute atomic E-state index is 11.2. The normalized spacial score (nSPS) is 12.7. The van der Waals surface area contributed by atoms with Crippen LogP contribution >= 0.6 is 11.8 Å². The number of hydrogen-bond donors (Lipinski definition) is 1. The van der Waals surface area contributed by atoms with Gasteiger partial charge < -0.3 is 5.11 Å². The van der Waals surface area contributed by atoms with Crippen LogP contribution in [0.4, 0.5) is 0 Å². The molecule has 3 heteroatoms. The lowest BCUT2D eigenvalue weighted by Crippen LogP contribution is -2.16. The van der Waals surface area contributed by atoms with E-state index in [0.29, 0.717) is 18.6 Å². The fourth-order valence-corrected chi connectivity index (χ4v) is 2.34. The number of unbranched alkanes of at least 4 members (excludes halogenated alkanes) is 2. The van der Waals surface area contributed by atoms with Crippen LogP contribution in [0.1, 0.15) is 52.4 Å². The third-order valence-corrected chi connectivity index (χ3v) is 3.39. The molecular formula is C12H24O2S. The number of carbonyl (C=O) groups excluding carboxylic acids is 1. The Morgan fingerprint density at radius 2 is 2.00 bits per heavy atom. The van der Waals surface area contributed by atoms with Crippen LogP contribution in [0.25, 0.3) is 0 Å². The molecular weight excluding hydrogens is 208 g/mol. The van der Waals surface area contributed by atoms with Gasteiger partial charge in [0.2, 0.25) is 0 Å². The van der Waals surface area contributed by atoms with Crippen molar-refractivity contribution in [2.75, 3.05) is 11.5 Å². The van der Waals surface area contributed by atoms with Crippen molar-refractivity contribution < 1.29 is 9.90 Å². The van der Waals surface area contributed by atoms with Crippen LogP contribution in [-0.4, -0.2) is 28.5 Å². The Kier molecular flexibility index (Phi) is 10.5. The Bertz CT molecular complexity index is 160. The van der Waals surface area contributed by atoms with E-state index in [0.717, 1.165) is 12.2 Å². The van der Waals surface area contributed by atoms with Crippen LogP contribution < -0.4 is 0 Å². The molecule has 2 nitrogen and oxygen atoms in total. The van der Waals surface area contributed by atoms with Gasteiger partial charge in [-0.15, -0.1) is 0 Å². The van der Waals surface area contributed by atoms with Gasteiger partial charge in [0.15, 0.2) is 0 Å². The third kappa shape index (κ3) is 10.3. The van der Waals surface area contributed by atoms with Crippen molar-refractivity contribution in [1.82, 2.24) is 0 Å². The first-order valence-electron chi connectivity index (χ1n) is 5.98. The van der Waals surface area contributed by atoms with Crippen molar-refractivity contribution in [3.8, 4) is 0 Å². The van der Waals surface area contributed by atoms with Gasteiger partial charge in [-0.2, -0.15) is 11.8 Å². The van der Waals surface area contributed by atoms with Crippen molar-refractivity contribution in [2.24, 2.45) is 0 Å². The molecule has 15 heavy (non-hydrogen) atoms. The second-order valence-corrected chi connectivity index (χ2v) is 5.08. The lowest BCUT2D eigenvalue weighted by atomic mass is 10.1. The summed E-state index contributed by atoms with van der Waals surface area (Å²) in [7, 11) is 0. The Morgan fingerprint density at radius 3 is 2.60 bits per heavy atom. The Morgan fingerprint density at radius 1 is 1.27 bits per heavy atom. The molecule has 0 aromatic rings. The van der Waals surface area contributed by atoms with E-state index in [-0.39, 0.29) is 5.78 Å². The zero-order chi connectivity index (χ0) is 11.5. The Labute approximate surface area is 97.8 Å². The molecule has 0 aliphatic rings. The zero-order valence-electron chi connectivity index (χ0n) is 10.00. The smallest absolute Gasteiger partial charge is 0.135 e. The van der Waals surface area contributed by atoms with E-state index in [2.05, 4.69) is 6.92 Å². The average Bonchev–Trinajstić information content (AvgIpc) is 2.17. The molecule has 0 fully saturated rings. The molecule has 1 N–H and O–H groups in total. The highest BCUT2D eigenvalue weighted by Gasteiger charge is 2.09. The molecule has 0 heterocycles. The topological polar surface area (TPSA) is 37.3 Å². The fourth-order valence-electron chi connectivity index (χ4n) is 1.38. The molecule has 0 saturated carbocycles. The van der Waals surface area contributed by atoms with Crippen molar-refractivity contribution in [3.05, 3.63) is 0 Å². The van der Waals surface area contributed by atoms with Crippen molar-refractivity contribution in [3.63, 3.8) is 0 Å². The largest absolute Gasteiger partial charge is 0.392 e. The van der Waals surface area contributed by atoms with E-state index < -0.39 is 6.10 Å². The molecule has 0 amide bonds. The molecule has 1 unspecified atom stereocenters. The first-order valence-corrected chi connectivity index (χ1v) is 7.13. The first kappa shape index (κ1) is 15.0. The lowest BCUT2D eigenvalue weighted by molar-refractivity contribution is -0.120. The predicted octanol–water partition coefficient (Wildman–Crippen LogP) is 3.03. The predicted molar refractivity (Wildman–Crippen MR) is 67.4 cm³/mol. The third-order valence-electron chi connectivity index (χ3n) is 2.19. The maximum atomic E-state index is 11.2. The van der Waals surface area contributed by atoms with E-state index >= 15 is 0 Å². The minimum Gasteiger partial charge on any atom is -0.392 e. The summed E-state index contributed by atoms with van der Waals surface area (Å²) in [6.45, 7) is 4.17. The number of carbonyl (C=O) groups is 1. The highest BCUT2D eigenvalue weighted by atomic mass is 32.2. The SMILES string of the molecule is CCCCCSCC(O)CC(=O)CCC. The molecule has 0 rings (SSSR count). The number of rotatable bonds is 10. The number of Topliss-reactive ketones (excluding diaryl/α,β-unsaturated/α-hetero) is 1. The van der Waals surface area contributed by atoms with Gasteiger partial charge >= 0.3 is 0 Å². The molecule has 0 spiro atoms. The summed E-state index contributed by atoms with van der Waals surface area (Å²) in [4.78, 5) is 11.2. The summed E-state index contributed by atoms with van der Waals surface area (Å²) < 4.78 is 0.